The second-order valence-electron chi connectivity index (χ2n) is 5.29. The number of aliphatic hydroxyl groups excluding tert-OH is 1. The minimum absolute atomic E-state index is 0.250. The van der Waals surface area contributed by atoms with E-state index in [1.54, 1.807) is 19.1 Å². The Morgan fingerprint density at radius 1 is 1.29 bits per heavy atom. The van der Waals surface area contributed by atoms with Gasteiger partial charge in [-0.1, -0.05) is 21.7 Å². The van der Waals surface area contributed by atoms with Gasteiger partial charge in [0.2, 0.25) is 5.65 Å². The number of hydrogen-bond donors (Lipinski definition) is 2. The van der Waals surface area contributed by atoms with E-state index in [0.717, 1.165) is 10.7 Å². The fraction of sp³-hybridized carbons (Fsp3) is 0.200. The van der Waals surface area contributed by atoms with Gasteiger partial charge < -0.3 is 20.5 Å². The Balaban J connectivity index is 1.82. The van der Waals surface area contributed by atoms with Crippen molar-refractivity contribution < 1.29 is 14.4 Å². The predicted molar refractivity (Wildman–Crippen MR) is 84.1 cm³/mol. The standard InChI is InChI=1S/C15H14FN5O3/c1-9(15(22)10-2-4-11(16)5-3-10)18-12-6-7-13-17-8-14(21(23)24)20(13)19-12/h2-9,15,22H,1H3,(H,18,19)/t9-,15+/m1/s1. The third-order valence-corrected chi connectivity index (χ3v) is 3.59. The van der Waals surface area contributed by atoms with Gasteiger partial charge >= 0.3 is 5.82 Å². The molecule has 9 heteroatoms. The maximum atomic E-state index is 12.9. The molecule has 0 amide bonds. The molecule has 0 aliphatic rings. The summed E-state index contributed by atoms with van der Waals surface area (Å²) in [6.45, 7) is 1.72. The Morgan fingerprint density at radius 2 is 2.00 bits per heavy atom. The van der Waals surface area contributed by atoms with Crippen LogP contribution < -0.4 is 5.32 Å². The lowest BCUT2D eigenvalue weighted by Gasteiger charge is -2.20. The number of aliphatic hydroxyl groups is 1. The lowest BCUT2D eigenvalue weighted by molar-refractivity contribution is -0.391. The SMILES string of the molecule is C[C@@H](Nc1ccc2ncc([N+](=O)[O-])n2n1)[C@H](O)c1ccc(F)cc1. The molecule has 0 saturated carbocycles. The van der Waals surface area contributed by atoms with E-state index in [0.29, 0.717) is 17.0 Å². The average molecular weight is 331 g/mol. The zero-order valence-corrected chi connectivity index (χ0v) is 12.6. The first kappa shape index (κ1) is 15.8. The Kier molecular flexibility index (Phi) is 4.09. The zero-order valence-electron chi connectivity index (χ0n) is 12.6. The van der Waals surface area contributed by atoms with Gasteiger partial charge in [-0.2, -0.15) is 0 Å². The molecule has 0 bridgehead atoms. The number of rotatable bonds is 5. The molecule has 0 saturated heterocycles. The van der Waals surface area contributed by atoms with E-state index in [2.05, 4.69) is 15.4 Å². The van der Waals surface area contributed by atoms with Crippen LogP contribution >= 0.6 is 0 Å². The molecule has 2 aromatic heterocycles. The van der Waals surface area contributed by atoms with Crippen LogP contribution in [0.2, 0.25) is 0 Å². The van der Waals surface area contributed by atoms with E-state index in [1.807, 2.05) is 0 Å². The van der Waals surface area contributed by atoms with Gasteiger partial charge in [0, 0.05) is 6.07 Å². The molecule has 3 aromatic rings. The number of nitrogens with zero attached hydrogens (tertiary/aromatic N) is 4. The van der Waals surface area contributed by atoms with Crippen molar-refractivity contribution in [1.29, 1.82) is 0 Å². The minimum Gasteiger partial charge on any atom is -0.386 e. The van der Waals surface area contributed by atoms with Crippen LogP contribution in [0, 0.1) is 15.9 Å². The van der Waals surface area contributed by atoms with Crippen LogP contribution in [0.15, 0.2) is 42.6 Å². The second kappa shape index (κ2) is 6.20. The van der Waals surface area contributed by atoms with Crippen molar-refractivity contribution in [1.82, 2.24) is 14.6 Å². The third kappa shape index (κ3) is 3.01. The van der Waals surface area contributed by atoms with Crippen molar-refractivity contribution in [2.45, 2.75) is 19.1 Å². The molecular formula is C15H14FN5O3. The van der Waals surface area contributed by atoms with Gasteiger partial charge in [-0.3, -0.25) is 0 Å². The van der Waals surface area contributed by atoms with E-state index < -0.39 is 17.1 Å². The number of anilines is 1. The normalized spacial score (nSPS) is 13.6. The average Bonchev–Trinajstić information content (AvgIpc) is 2.98. The first-order chi connectivity index (χ1) is 11.5. The van der Waals surface area contributed by atoms with Crippen LogP contribution in [0.1, 0.15) is 18.6 Å². The topological polar surface area (TPSA) is 106 Å². The molecule has 3 rings (SSSR count). The van der Waals surface area contributed by atoms with Crippen LogP contribution in [0.25, 0.3) is 5.65 Å². The monoisotopic (exact) mass is 331 g/mol. The van der Waals surface area contributed by atoms with Crippen molar-refractivity contribution in [2.24, 2.45) is 0 Å². The van der Waals surface area contributed by atoms with Crippen LogP contribution in [-0.4, -0.2) is 30.7 Å². The van der Waals surface area contributed by atoms with Gasteiger partial charge in [-0.15, -0.1) is 0 Å². The van der Waals surface area contributed by atoms with Crippen molar-refractivity contribution in [3.63, 3.8) is 0 Å². The third-order valence-electron chi connectivity index (χ3n) is 3.59. The summed E-state index contributed by atoms with van der Waals surface area (Å²) >= 11 is 0. The Bertz CT molecular complexity index is 880. The smallest absolute Gasteiger partial charge is 0.368 e. The molecular weight excluding hydrogens is 317 g/mol. The summed E-state index contributed by atoms with van der Waals surface area (Å²) in [5.74, 6) is -0.288. The summed E-state index contributed by atoms with van der Waals surface area (Å²) in [5, 5.41) is 28.4. The first-order valence-corrected chi connectivity index (χ1v) is 7.15. The van der Waals surface area contributed by atoms with Gasteiger partial charge in [-0.05, 0) is 35.6 Å². The summed E-state index contributed by atoms with van der Waals surface area (Å²) in [5.41, 5.74) is 0.894. The molecule has 2 heterocycles. The Morgan fingerprint density at radius 3 is 2.67 bits per heavy atom. The Hall–Kier alpha value is -3.07. The largest absolute Gasteiger partial charge is 0.386 e. The van der Waals surface area contributed by atoms with Crippen molar-refractivity contribution >= 4 is 17.3 Å². The lowest BCUT2D eigenvalue weighted by Crippen LogP contribution is -2.25. The molecule has 8 nitrogen and oxygen atoms in total. The van der Waals surface area contributed by atoms with Gasteiger partial charge in [-0.25, -0.2) is 9.37 Å². The highest BCUT2D eigenvalue weighted by atomic mass is 19.1. The number of imidazole rings is 1. The summed E-state index contributed by atoms with van der Waals surface area (Å²) in [7, 11) is 0. The van der Waals surface area contributed by atoms with Gasteiger partial charge in [0.1, 0.15) is 12.0 Å². The molecule has 2 atom stereocenters. The van der Waals surface area contributed by atoms with Gasteiger partial charge in [0.15, 0.2) is 5.82 Å². The molecule has 0 aliphatic carbocycles. The number of hydrogen-bond acceptors (Lipinski definition) is 6. The minimum atomic E-state index is -0.902. The highest BCUT2D eigenvalue weighted by molar-refractivity contribution is 5.48. The summed E-state index contributed by atoms with van der Waals surface area (Å²) < 4.78 is 14.1. The van der Waals surface area contributed by atoms with Crippen LogP contribution in [0.4, 0.5) is 16.0 Å². The number of benzene rings is 1. The molecule has 2 N–H and O–H groups in total. The van der Waals surface area contributed by atoms with Crippen molar-refractivity contribution in [3.8, 4) is 0 Å². The Labute approximate surface area is 135 Å². The first-order valence-electron chi connectivity index (χ1n) is 7.15. The number of nitro groups is 1. The molecule has 124 valence electrons. The molecule has 0 radical (unpaired) electrons. The highest BCUT2D eigenvalue weighted by Gasteiger charge is 2.20. The lowest BCUT2D eigenvalue weighted by atomic mass is 10.0. The van der Waals surface area contributed by atoms with Crippen LogP contribution in [0.5, 0.6) is 0 Å². The molecule has 0 unspecified atom stereocenters. The zero-order chi connectivity index (χ0) is 17.3. The molecule has 0 fully saturated rings. The quantitative estimate of drug-likeness (QED) is 0.549. The van der Waals surface area contributed by atoms with Crippen LogP contribution in [-0.2, 0) is 0 Å². The maximum absolute atomic E-state index is 12.9. The summed E-state index contributed by atoms with van der Waals surface area (Å²) in [6.07, 6.45) is 0.226. The molecule has 24 heavy (non-hydrogen) atoms. The van der Waals surface area contributed by atoms with E-state index in [-0.39, 0.29) is 11.6 Å². The van der Waals surface area contributed by atoms with Crippen LogP contribution in [0.3, 0.4) is 0 Å². The fourth-order valence-corrected chi connectivity index (χ4v) is 2.32. The number of aromatic nitrogens is 3. The van der Waals surface area contributed by atoms with Gasteiger partial charge in [0.05, 0.1) is 12.1 Å². The van der Waals surface area contributed by atoms with Crippen molar-refractivity contribution in [3.05, 3.63) is 64.1 Å². The van der Waals surface area contributed by atoms with E-state index in [9.17, 15) is 19.6 Å². The van der Waals surface area contributed by atoms with Gasteiger partial charge in [0.25, 0.3) is 0 Å². The number of fused-ring (bicyclic) bond motifs is 1. The van der Waals surface area contributed by atoms with Crippen molar-refractivity contribution in [2.75, 3.05) is 5.32 Å². The number of halogens is 1. The maximum Gasteiger partial charge on any atom is 0.368 e. The predicted octanol–water partition coefficient (Wildman–Crippen LogP) is 2.31. The fourth-order valence-electron chi connectivity index (χ4n) is 2.32. The molecule has 1 aromatic carbocycles. The highest BCUT2D eigenvalue weighted by Crippen LogP contribution is 2.21. The molecule has 0 spiro atoms. The number of nitrogens with one attached hydrogen (secondary N) is 1. The summed E-state index contributed by atoms with van der Waals surface area (Å²) in [6, 6.07) is 8.27. The van der Waals surface area contributed by atoms with E-state index >= 15 is 0 Å². The molecule has 0 aliphatic heterocycles. The van der Waals surface area contributed by atoms with E-state index in [4.69, 9.17) is 0 Å². The van der Waals surface area contributed by atoms with E-state index in [1.165, 1.54) is 24.3 Å². The summed E-state index contributed by atoms with van der Waals surface area (Å²) in [4.78, 5) is 14.3. The second-order valence-corrected chi connectivity index (χ2v) is 5.29.